The summed E-state index contributed by atoms with van der Waals surface area (Å²) in [7, 11) is 1.41. The van der Waals surface area contributed by atoms with Crippen molar-refractivity contribution in [3.05, 3.63) is 24.3 Å². The predicted molar refractivity (Wildman–Crippen MR) is 38.4 cm³/mol. The molecule has 0 aliphatic heterocycles. The molecule has 0 heterocycles. The maximum Gasteiger partial charge on any atom is 0.312 e. The highest BCUT2D eigenvalue weighted by atomic mass is 16.5. The smallest absolute Gasteiger partial charge is 0.312 e. The summed E-state index contributed by atoms with van der Waals surface area (Å²) >= 11 is 0. The zero-order valence-electron chi connectivity index (χ0n) is 5.91. The van der Waals surface area contributed by atoms with E-state index in [1.165, 1.54) is 7.11 Å². The molecule has 1 unspecified atom stereocenters. The molecule has 0 bridgehead atoms. The van der Waals surface area contributed by atoms with E-state index in [-0.39, 0.29) is 11.9 Å². The summed E-state index contributed by atoms with van der Waals surface area (Å²) in [6, 6.07) is 0. The SMILES string of the molecule is COC(=O)C1C=CC=CC1. The first kappa shape index (κ1) is 7.06. The molecule has 0 saturated heterocycles. The molecule has 0 aromatic rings. The molecule has 2 nitrogen and oxygen atoms in total. The van der Waals surface area contributed by atoms with E-state index in [1.54, 1.807) is 0 Å². The lowest BCUT2D eigenvalue weighted by Crippen LogP contribution is -2.13. The standard InChI is InChI=1S/C8H10O2/c1-10-8(9)7-5-3-2-4-6-7/h2-5,7H,6H2,1H3. The molecule has 1 aliphatic carbocycles. The van der Waals surface area contributed by atoms with Gasteiger partial charge in [-0.15, -0.1) is 0 Å². The van der Waals surface area contributed by atoms with E-state index in [1.807, 2.05) is 24.3 Å². The van der Waals surface area contributed by atoms with Gasteiger partial charge in [-0.1, -0.05) is 24.3 Å². The molecule has 0 spiro atoms. The summed E-state index contributed by atoms with van der Waals surface area (Å²) in [5, 5.41) is 0. The van der Waals surface area contributed by atoms with Crippen LogP contribution in [0, 0.1) is 5.92 Å². The van der Waals surface area contributed by atoms with Crippen molar-refractivity contribution in [3.63, 3.8) is 0 Å². The number of esters is 1. The van der Waals surface area contributed by atoms with Crippen LogP contribution in [-0.4, -0.2) is 13.1 Å². The monoisotopic (exact) mass is 138 g/mol. The van der Waals surface area contributed by atoms with Crippen LogP contribution in [0.5, 0.6) is 0 Å². The van der Waals surface area contributed by atoms with Gasteiger partial charge in [0.15, 0.2) is 0 Å². The third-order valence-corrected chi connectivity index (χ3v) is 1.48. The van der Waals surface area contributed by atoms with Gasteiger partial charge in [0.1, 0.15) is 0 Å². The molecule has 0 amide bonds. The summed E-state index contributed by atoms with van der Waals surface area (Å²) in [5.41, 5.74) is 0. The minimum Gasteiger partial charge on any atom is -0.469 e. The van der Waals surface area contributed by atoms with E-state index in [2.05, 4.69) is 4.74 Å². The summed E-state index contributed by atoms with van der Waals surface area (Å²) in [6.45, 7) is 0. The van der Waals surface area contributed by atoms with Crippen LogP contribution in [0.25, 0.3) is 0 Å². The second-order valence-electron chi connectivity index (χ2n) is 2.18. The lowest BCUT2D eigenvalue weighted by Gasteiger charge is -2.08. The topological polar surface area (TPSA) is 26.3 Å². The number of hydrogen-bond donors (Lipinski definition) is 0. The largest absolute Gasteiger partial charge is 0.469 e. The van der Waals surface area contributed by atoms with E-state index in [4.69, 9.17) is 0 Å². The molecule has 0 radical (unpaired) electrons. The van der Waals surface area contributed by atoms with Gasteiger partial charge >= 0.3 is 5.97 Å². The van der Waals surface area contributed by atoms with Crippen molar-refractivity contribution in [1.82, 2.24) is 0 Å². The number of ether oxygens (including phenoxy) is 1. The second-order valence-corrected chi connectivity index (χ2v) is 2.18. The summed E-state index contributed by atoms with van der Waals surface area (Å²) in [6.07, 6.45) is 8.38. The number of carbonyl (C=O) groups is 1. The quantitative estimate of drug-likeness (QED) is 0.510. The Kier molecular flexibility index (Phi) is 2.26. The zero-order chi connectivity index (χ0) is 7.40. The highest BCUT2D eigenvalue weighted by molar-refractivity contribution is 5.74. The minimum atomic E-state index is -0.152. The molecular formula is C8H10O2. The van der Waals surface area contributed by atoms with Crippen LogP contribution in [0.2, 0.25) is 0 Å². The van der Waals surface area contributed by atoms with E-state index in [0.717, 1.165) is 6.42 Å². The molecule has 1 aliphatic rings. The van der Waals surface area contributed by atoms with Crippen molar-refractivity contribution >= 4 is 5.97 Å². The molecule has 2 heteroatoms. The lowest BCUT2D eigenvalue weighted by molar-refractivity contribution is -0.143. The fourth-order valence-electron chi connectivity index (χ4n) is 0.907. The predicted octanol–water partition coefficient (Wildman–Crippen LogP) is 1.29. The van der Waals surface area contributed by atoms with Gasteiger partial charge in [-0.2, -0.15) is 0 Å². The third-order valence-electron chi connectivity index (χ3n) is 1.48. The van der Waals surface area contributed by atoms with Crippen molar-refractivity contribution in [2.75, 3.05) is 7.11 Å². The highest BCUT2D eigenvalue weighted by Gasteiger charge is 2.14. The third kappa shape index (κ3) is 1.47. The number of rotatable bonds is 1. The van der Waals surface area contributed by atoms with E-state index in [0.29, 0.717) is 0 Å². The van der Waals surface area contributed by atoms with Crippen LogP contribution < -0.4 is 0 Å². The summed E-state index contributed by atoms with van der Waals surface area (Å²) in [4.78, 5) is 10.9. The second kappa shape index (κ2) is 3.20. The molecule has 0 N–H and O–H groups in total. The van der Waals surface area contributed by atoms with E-state index in [9.17, 15) is 4.79 Å². The first-order valence-electron chi connectivity index (χ1n) is 3.26. The minimum absolute atomic E-state index is 0.0602. The fraction of sp³-hybridized carbons (Fsp3) is 0.375. The average Bonchev–Trinajstić information content (AvgIpc) is 2.05. The van der Waals surface area contributed by atoms with Gasteiger partial charge in [0.25, 0.3) is 0 Å². The van der Waals surface area contributed by atoms with Gasteiger partial charge in [-0.25, -0.2) is 0 Å². The number of allylic oxidation sites excluding steroid dienone is 3. The van der Waals surface area contributed by atoms with Crippen LogP contribution in [-0.2, 0) is 9.53 Å². The normalized spacial score (nSPS) is 22.7. The van der Waals surface area contributed by atoms with Crippen LogP contribution in [0.15, 0.2) is 24.3 Å². The Morgan fingerprint density at radius 1 is 1.60 bits per heavy atom. The van der Waals surface area contributed by atoms with Crippen LogP contribution >= 0.6 is 0 Å². The zero-order valence-corrected chi connectivity index (χ0v) is 5.91. The summed E-state index contributed by atoms with van der Waals surface area (Å²) < 4.78 is 4.57. The Balaban J connectivity index is 2.51. The fourth-order valence-corrected chi connectivity index (χ4v) is 0.907. The molecule has 10 heavy (non-hydrogen) atoms. The Morgan fingerprint density at radius 3 is 2.90 bits per heavy atom. The molecule has 0 saturated carbocycles. The Labute approximate surface area is 60.2 Å². The first-order chi connectivity index (χ1) is 4.84. The molecule has 1 atom stereocenters. The molecule has 0 fully saturated rings. The first-order valence-corrected chi connectivity index (χ1v) is 3.26. The highest BCUT2D eigenvalue weighted by Crippen LogP contribution is 2.12. The van der Waals surface area contributed by atoms with Gasteiger partial charge in [0, 0.05) is 0 Å². The van der Waals surface area contributed by atoms with Gasteiger partial charge in [0.2, 0.25) is 0 Å². The average molecular weight is 138 g/mol. The van der Waals surface area contributed by atoms with Crippen LogP contribution in [0.1, 0.15) is 6.42 Å². The number of carbonyl (C=O) groups excluding carboxylic acids is 1. The van der Waals surface area contributed by atoms with E-state index < -0.39 is 0 Å². The van der Waals surface area contributed by atoms with Crippen LogP contribution in [0.4, 0.5) is 0 Å². The Bertz CT molecular complexity index is 180. The van der Waals surface area contributed by atoms with Crippen molar-refractivity contribution < 1.29 is 9.53 Å². The molecule has 0 aromatic heterocycles. The molecule has 54 valence electrons. The molecular weight excluding hydrogens is 128 g/mol. The van der Waals surface area contributed by atoms with Crippen molar-refractivity contribution in [3.8, 4) is 0 Å². The van der Waals surface area contributed by atoms with Crippen LogP contribution in [0.3, 0.4) is 0 Å². The maximum atomic E-state index is 10.9. The van der Waals surface area contributed by atoms with Gasteiger partial charge in [-0.3, -0.25) is 4.79 Å². The van der Waals surface area contributed by atoms with Gasteiger partial charge in [-0.05, 0) is 6.42 Å². The molecule has 0 aromatic carbocycles. The molecule has 1 rings (SSSR count). The summed E-state index contributed by atoms with van der Waals surface area (Å²) in [5.74, 6) is -0.212. The van der Waals surface area contributed by atoms with Crippen molar-refractivity contribution in [1.29, 1.82) is 0 Å². The Hall–Kier alpha value is -1.05. The van der Waals surface area contributed by atoms with E-state index >= 15 is 0 Å². The maximum absolute atomic E-state index is 10.9. The number of hydrogen-bond acceptors (Lipinski definition) is 2. The lowest BCUT2D eigenvalue weighted by atomic mass is 10.0. The van der Waals surface area contributed by atoms with Gasteiger partial charge < -0.3 is 4.74 Å². The van der Waals surface area contributed by atoms with Gasteiger partial charge in [0.05, 0.1) is 13.0 Å². The van der Waals surface area contributed by atoms with Crippen molar-refractivity contribution in [2.24, 2.45) is 5.92 Å². The van der Waals surface area contributed by atoms with Crippen molar-refractivity contribution in [2.45, 2.75) is 6.42 Å². The number of methoxy groups -OCH3 is 1. The Morgan fingerprint density at radius 2 is 2.40 bits per heavy atom.